The van der Waals surface area contributed by atoms with Gasteiger partial charge in [-0.15, -0.1) is 0 Å². The monoisotopic (exact) mass is 298 g/mol. The van der Waals surface area contributed by atoms with Crippen LogP contribution < -0.4 is 0 Å². The Kier molecular flexibility index (Phi) is 2.08. The third kappa shape index (κ3) is 1.01. The van der Waals surface area contributed by atoms with Crippen LogP contribution >= 0.6 is 11.6 Å². The quantitative estimate of drug-likeness (QED) is 0.750. The van der Waals surface area contributed by atoms with Crippen molar-refractivity contribution < 1.29 is 24.5 Å². The number of fused-ring (bicyclic) bond motifs is 2. The highest BCUT2D eigenvalue weighted by Gasteiger charge is 2.91. The van der Waals surface area contributed by atoms with Crippen LogP contribution in [0.4, 0.5) is 0 Å². The van der Waals surface area contributed by atoms with Gasteiger partial charge in [-0.2, -0.15) is 0 Å². The molecule has 0 unspecified atom stereocenters. The maximum absolute atomic E-state index is 12.5. The lowest BCUT2D eigenvalue weighted by Gasteiger charge is -2.52. The zero-order valence-corrected chi connectivity index (χ0v) is 11.9. The standard InChI is InChI=1S/C14H15ClO5/c1-3-8(15)7-4-10(16)12-5-9(12)11(2)6-19-13(7,17)14(12,18)20-11/h3-4,9,17-18H,5-6H2,1-2H3/b8-3-/t9-,11-,12-,13+,14-/m0/s1. The first kappa shape index (κ1) is 13.0. The number of carbonyl (C=O) groups excluding carboxylic acids is 1. The molecule has 2 heterocycles. The molecule has 108 valence electrons. The molecule has 2 aliphatic heterocycles. The number of hydrogen-bond acceptors (Lipinski definition) is 5. The lowest BCUT2D eigenvalue weighted by molar-refractivity contribution is -0.432. The summed E-state index contributed by atoms with van der Waals surface area (Å²) in [5, 5.41) is 22.0. The Morgan fingerprint density at radius 1 is 1.55 bits per heavy atom. The molecule has 2 bridgehead atoms. The molecule has 1 saturated carbocycles. The van der Waals surface area contributed by atoms with Gasteiger partial charge in [0.1, 0.15) is 0 Å². The van der Waals surface area contributed by atoms with Gasteiger partial charge in [-0.1, -0.05) is 17.7 Å². The highest BCUT2D eigenvalue weighted by atomic mass is 35.5. The van der Waals surface area contributed by atoms with Gasteiger partial charge in [0, 0.05) is 16.5 Å². The largest absolute Gasteiger partial charge is 0.360 e. The fourth-order valence-electron chi connectivity index (χ4n) is 4.17. The van der Waals surface area contributed by atoms with E-state index in [0.29, 0.717) is 6.42 Å². The number of carbonyl (C=O) groups is 1. The Morgan fingerprint density at radius 2 is 2.25 bits per heavy atom. The zero-order valence-electron chi connectivity index (χ0n) is 11.1. The first-order valence-electron chi connectivity index (χ1n) is 6.63. The van der Waals surface area contributed by atoms with Gasteiger partial charge in [-0.25, -0.2) is 0 Å². The van der Waals surface area contributed by atoms with Gasteiger partial charge in [0.05, 0.1) is 17.6 Å². The van der Waals surface area contributed by atoms with E-state index in [1.165, 1.54) is 12.2 Å². The zero-order chi connectivity index (χ0) is 14.6. The molecule has 0 aromatic heterocycles. The number of aliphatic hydroxyl groups is 2. The van der Waals surface area contributed by atoms with Crippen LogP contribution in [-0.2, 0) is 14.3 Å². The van der Waals surface area contributed by atoms with Gasteiger partial charge in [0.2, 0.25) is 5.79 Å². The van der Waals surface area contributed by atoms with Crippen molar-refractivity contribution in [2.24, 2.45) is 11.3 Å². The molecular formula is C14H15ClO5. The molecule has 1 spiro atoms. The minimum absolute atomic E-state index is 0.0643. The highest BCUT2D eigenvalue weighted by molar-refractivity contribution is 6.32. The predicted molar refractivity (Wildman–Crippen MR) is 68.6 cm³/mol. The number of hydrogen-bond donors (Lipinski definition) is 2. The average molecular weight is 299 g/mol. The van der Waals surface area contributed by atoms with Crippen LogP contribution in [0.25, 0.3) is 0 Å². The molecule has 2 aliphatic carbocycles. The van der Waals surface area contributed by atoms with E-state index in [2.05, 4.69) is 0 Å². The Bertz CT molecular complexity index is 613. The van der Waals surface area contributed by atoms with Crippen molar-refractivity contribution in [3.05, 3.63) is 22.8 Å². The second-order valence-corrected chi connectivity index (χ2v) is 6.69. The summed E-state index contributed by atoms with van der Waals surface area (Å²) < 4.78 is 11.3. The van der Waals surface area contributed by atoms with Crippen LogP contribution in [0.15, 0.2) is 22.8 Å². The van der Waals surface area contributed by atoms with Crippen LogP contribution in [0, 0.1) is 11.3 Å². The first-order valence-corrected chi connectivity index (χ1v) is 7.01. The summed E-state index contributed by atoms with van der Waals surface area (Å²) in [7, 11) is 0. The average Bonchev–Trinajstić information content (AvgIpc) is 3.13. The third-order valence-corrected chi connectivity index (χ3v) is 5.72. The van der Waals surface area contributed by atoms with Crippen molar-refractivity contribution in [3.8, 4) is 0 Å². The fourth-order valence-corrected chi connectivity index (χ4v) is 4.35. The molecular weight excluding hydrogens is 284 g/mol. The van der Waals surface area contributed by atoms with Gasteiger partial charge in [-0.3, -0.25) is 4.79 Å². The Labute approximate surface area is 120 Å². The molecule has 2 saturated heterocycles. The number of rotatable bonds is 1. The molecule has 0 aromatic rings. The highest BCUT2D eigenvalue weighted by Crippen LogP contribution is 2.77. The van der Waals surface area contributed by atoms with E-state index >= 15 is 0 Å². The molecule has 5 atom stereocenters. The predicted octanol–water partition coefficient (Wildman–Crippen LogP) is 0.841. The van der Waals surface area contributed by atoms with Crippen molar-refractivity contribution in [1.29, 1.82) is 0 Å². The molecule has 0 aromatic carbocycles. The van der Waals surface area contributed by atoms with Crippen LogP contribution in [0.1, 0.15) is 20.3 Å². The summed E-state index contributed by atoms with van der Waals surface area (Å²) in [5.41, 5.74) is -1.78. The van der Waals surface area contributed by atoms with E-state index in [4.69, 9.17) is 21.1 Å². The fraction of sp³-hybridized carbons (Fsp3) is 0.643. The molecule has 2 N–H and O–H groups in total. The second-order valence-electron chi connectivity index (χ2n) is 6.28. The lowest BCUT2D eigenvalue weighted by Crippen LogP contribution is -2.70. The third-order valence-electron chi connectivity index (χ3n) is 5.30. The van der Waals surface area contributed by atoms with Crippen LogP contribution in [0.2, 0.25) is 0 Å². The van der Waals surface area contributed by atoms with E-state index < -0.39 is 22.6 Å². The summed E-state index contributed by atoms with van der Waals surface area (Å²) in [6, 6.07) is 0. The van der Waals surface area contributed by atoms with Gasteiger partial charge in [0.25, 0.3) is 5.79 Å². The molecule has 0 amide bonds. The summed E-state index contributed by atoms with van der Waals surface area (Å²) in [4.78, 5) is 12.5. The van der Waals surface area contributed by atoms with Crippen molar-refractivity contribution in [1.82, 2.24) is 0 Å². The maximum atomic E-state index is 12.5. The summed E-state index contributed by atoms with van der Waals surface area (Å²) in [6.45, 7) is 3.58. The Morgan fingerprint density at radius 3 is 2.90 bits per heavy atom. The SMILES string of the molecule is C/C=C(\Cl)C1=CC(=O)[C@]23C[C@H]2[C@]2(C)CO[C@@]1(O)[C@@]3(O)O2. The van der Waals surface area contributed by atoms with Crippen molar-refractivity contribution in [2.45, 2.75) is 37.4 Å². The van der Waals surface area contributed by atoms with Gasteiger partial charge in [-0.05, 0) is 26.3 Å². The minimum Gasteiger partial charge on any atom is -0.360 e. The minimum atomic E-state index is -2.10. The maximum Gasteiger partial charge on any atom is 0.251 e. The van der Waals surface area contributed by atoms with Gasteiger partial charge in [0.15, 0.2) is 5.78 Å². The molecule has 5 nitrogen and oxygen atoms in total. The first-order chi connectivity index (χ1) is 9.25. The van der Waals surface area contributed by atoms with E-state index in [1.807, 2.05) is 0 Å². The normalized spacial score (nSPS) is 56.5. The smallest absolute Gasteiger partial charge is 0.251 e. The van der Waals surface area contributed by atoms with E-state index in [-0.39, 0.29) is 28.9 Å². The van der Waals surface area contributed by atoms with Crippen molar-refractivity contribution in [2.75, 3.05) is 6.61 Å². The molecule has 3 fully saturated rings. The van der Waals surface area contributed by atoms with Crippen molar-refractivity contribution in [3.63, 3.8) is 0 Å². The van der Waals surface area contributed by atoms with Crippen molar-refractivity contribution >= 4 is 17.4 Å². The second kappa shape index (κ2) is 3.20. The van der Waals surface area contributed by atoms with Crippen LogP contribution in [0.3, 0.4) is 0 Å². The number of ketones is 1. The van der Waals surface area contributed by atoms with E-state index in [9.17, 15) is 15.0 Å². The molecule has 6 heteroatoms. The molecule has 20 heavy (non-hydrogen) atoms. The summed E-state index contributed by atoms with van der Waals surface area (Å²) in [5.74, 6) is -4.56. The lowest BCUT2D eigenvalue weighted by atomic mass is 9.74. The summed E-state index contributed by atoms with van der Waals surface area (Å²) >= 11 is 6.07. The topological polar surface area (TPSA) is 76.0 Å². The Balaban J connectivity index is 1.99. The van der Waals surface area contributed by atoms with E-state index in [0.717, 1.165) is 0 Å². The number of ether oxygens (including phenoxy) is 2. The van der Waals surface area contributed by atoms with Crippen LogP contribution in [0.5, 0.6) is 0 Å². The Hall–Kier alpha value is -0.720. The van der Waals surface area contributed by atoms with Crippen LogP contribution in [-0.4, -0.2) is 39.8 Å². The van der Waals surface area contributed by atoms with E-state index in [1.54, 1.807) is 13.8 Å². The number of halogens is 1. The molecule has 4 rings (SSSR count). The van der Waals surface area contributed by atoms with Gasteiger partial charge < -0.3 is 19.7 Å². The molecule has 0 radical (unpaired) electrons. The van der Waals surface area contributed by atoms with Gasteiger partial charge >= 0.3 is 0 Å². The number of allylic oxidation sites excluding steroid dienone is 2. The molecule has 4 aliphatic rings. The summed E-state index contributed by atoms with van der Waals surface area (Å²) in [6.07, 6.45) is 3.33.